The fourth-order valence-corrected chi connectivity index (χ4v) is 1.95. The Morgan fingerprint density at radius 2 is 2.00 bits per heavy atom. The van der Waals surface area contributed by atoms with Crippen LogP contribution in [0.2, 0.25) is 0 Å². The molecule has 1 aromatic heterocycles. The van der Waals surface area contributed by atoms with Gasteiger partial charge in [-0.3, -0.25) is 0 Å². The average molecular weight is 245 g/mol. The molecule has 0 aliphatic heterocycles. The summed E-state index contributed by atoms with van der Waals surface area (Å²) in [6.45, 7) is 5.39. The highest BCUT2D eigenvalue weighted by Gasteiger charge is 2.16. The maximum atomic E-state index is 5.76. The summed E-state index contributed by atoms with van der Waals surface area (Å²) in [6.07, 6.45) is 0. The molecule has 1 heterocycles. The molecule has 0 radical (unpaired) electrons. The molecule has 0 aliphatic rings. The predicted molar refractivity (Wildman–Crippen MR) is 72.2 cm³/mol. The first kappa shape index (κ1) is 12.6. The minimum absolute atomic E-state index is 0.634. The van der Waals surface area contributed by atoms with E-state index in [-0.39, 0.29) is 0 Å². The van der Waals surface area contributed by atoms with E-state index >= 15 is 0 Å². The zero-order chi connectivity index (χ0) is 13.0. The van der Waals surface area contributed by atoms with Gasteiger partial charge in [-0.15, -0.1) is 0 Å². The van der Waals surface area contributed by atoms with Crippen LogP contribution >= 0.6 is 0 Å². The second-order valence-electron chi connectivity index (χ2n) is 4.08. The highest BCUT2D eigenvalue weighted by Crippen LogP contribution is 2.25. The molecule has 0 atom stereocenters. The molecular formula is C14H19N3O. The molecule has 0 spiro atoms. The van der Waals surface area contributed by atoms with Crippen LogP contribution in [-0.2, 0) is 6.54 Å². The van der Waals surface area contributed by atoms with Crippen LogP contribution in [0.15, 0.2) is 30.3 Å². The largest absolute Gasteiger partial charge is 0.478 e. The lowest BCUT2D eigenvalue weighted by Crippen LogP contribution is -2.09. The molecule has 0 fully saturated rings. The van der Waals surface area contributed by atoms with Crippen molar-refractivity contribution in [2.45, 2.75) is 20.4 Å². The van der Waals surface area contributed by atoms with Gasteiger partial charge in [0.05, 0.1) is 23.6 Å². The molecule has 2 aromatic rings. The molecule has 0 bridgehead atoms. The highest BCUT2D eigenvalue weighted by atomic mass is 16.5. The van der Waals surface area contributed by atoms with Crippen molar-refractivity contribution in [3.05, 3.63) is 41.6 Å². The van der Waals surface area contributed by atoms with Crippen LogP contribution in [0.5, 0.6) is 5.88 Å². The van der Waals surface area contributed by atoms with Crippen molar-refractivity contribution in [2.24, 2.45) is 0 Å². The van der Waals surface area contributed by atoms with Crippen LogP contribution in [0, 0.1) is 6.92 Å². The van der Waals surface area contributed by atoms with Gasteiger partial charge in [-0.2, -0.15) is 5.10 Å². The molecule has 4 nitrogen and oxygen atoms in total. The fourth-order valence-electron chi connectivity index (χ4n) is 1.95. The Morgan fingerprint density at radius 1 is 1.28 bits per heavy atom. The van der Waals surface area contributed by atoms with E-state index in [4.69, 9.17) is 4.74 Å². The first-order chi connectivity index (χ1) is 8.77. The Hall–Kier alpha value is -1.81. The molecule has 1 aromatic carbocycles. The number of aromatic nitrogens is 2. The third-order valence-electron chi connectivity index (χ3n) is 2.77. The molecule has 0 unspecified atom stereocenters. The van der Waals surface area contributed by atoms with Gasteiger partial charge in [0.1, 0.15) is 0 Å². The van der Waals surface area contributed by atoms with E-state index in [1.165, 1.54) is 0 Å². The predicted octanol–water partition coefficient (Wildman–Crippen LogP) is 2.30. The van der Waals surface area contributed by atoms with Crippen molar-refractivity contribution < 1.29 is 4.74 Å². The number of para-hydroxylation sites is 1. The third-order valence-corrected chi connectivity index (χ3v) is 2.77. The normalized spacial score (nSPS) is 10.6. The van der Waals surface area contributed by atoms with Crippen molar-refractivity contribution in [3.63, 3.8) is 0 Å². The van der Waals surface area contributed by atoms with E-state index < -0.39 is 0 Å². The molecule has 0 saturated heterocycles. The molecule has 1 N–H and O–H groups in total. The average Bonchev–Trinajstić information content (AvgIpc) is 2.70. The minimum Gasteiger partial charge on any atom is -0.478 e. The van der Waals surface area contributed by atoms with Gasteiger partial charge in [-0.1, -0.05) is 18.2 Å². The number of rotatable bonds is 5. The summed E-state index contributed by atoms with van der Waals surface area (Å²) < 4.78 is 7.62. The molecule has 0 saturated carbocycles. The topological polar surface area (TPSA) is 39.1 Å². The van der Waals surface area contributed by atoms with Crippen LogP contribution < -0.4 is 10.1 Å². The number of hydrogen-bond acceptors (Lipinski definition) is 3. The Kier molecular flexibility index (Phi) is 3.99. The van der Waals surface area contributed by atoms with Crippen LogP contribution in [0.3, 0.4) is 0 Å². The van der Waals surface area contributed by atoms with Crippen molar-refractivity contribution in [2.75, 3.05) is 13.7 Å². The minimum atomic E-state index is 0.634. The summed E-state index contributed by atoms with van der Waals surface area (Å²) in [4.78, 5) is 0. The summed E-state index contributed by atoms with van der Waals surface area (Å²) in [5.74, 6) is 0.829. The summed E-state index contributed by atoms with van der Waals surface area (Å²) in [5.41, 5.74) is 3.13. The number of benzene rings is 1. The Morgan fingerprint density at radius 3 is 2.61 bits per heavy atom. The Balaban J connectivity index is 2.50. The second-order valence-corrected chi connectivity index (χ2v) is 4.08. The van der Waals surface area contributed by atoms with Gasteiger partial charge in [0.15, 0.2) is 0 Å². The standard InChI is InChI=1S/C14H19N3O/c1-4-18-14-13(10-15-3)11(2)16-17(14)12-8-6-5-7-9-12/h5-9,15H,4,10H2,1-3H3. The molecule has 0 aliphatic carbocycles. The van der Waals surface area contributed by atoms with E-state index in [9.17, 15) is 0 Å². The third kappa shape index (κ3) is 2.38. The molecule has 96 valence electrons. The van der Waals surface area contributed by atoms with Gasteiger partial charge in [-0.25, -0.2) is 4.68 Å². The van der Waals surface area contributed by atoms with Gasteiger partial charge >= 0.3 is 0 Å². The monoisotopic (exact) mass is 245 g/mol. The van der Waals surface area contributed by atoms with E-state index in [1.54, 1.807) is 0 Å². The summed E-state index contributed by atoms with van der Waals surface area (Å²) in [7, 11) is 1.93. The van der Waals surface area contributed by atoms with E-state index in [0.29, 0.717) is 6.61 Å². The smallest absolute Gasteiger partial charge is 0.221 e. The van der Waals surface area contributed by atoms with Crippen molar-refractivity contribution >= 4 is 0 Å². The van der Waals surface area contributed by atoms with E-state index in [0.717, 1.165) is 29.4 Å². The van der Waals surface area contributed by atoms with E-state index in [1.807, 2.05) is 55.9 Å². The number of nitrogens with one attached hydrogen (secondary N) is 1. The van der Waals surface area contributed by atoms with Gasteiger partial charge in [0.2, 0.25) is 5.88 Å². The van der Waals surface area contributed by atoms with Crippen LogP contribution in [0.4, 0.5) is 0 Å². The summed E-state index contributed by atoms with van der Waals surface area (Å²) >= 11 is 0. The first-order valence-electron chi connectivity index (χ1n) is 6.19. The lowest BCUT2D eigenvalue weighted by Gasteiger charge is -2.09. The number of nitrogens with zero attached hydrogens (tertiary/aromatic N) is 2. The molecule has 4 heteroatoms. The number of hydrogen-bond donors (Lipinski definition) is 1. The van der Waals surface area contributed by atoms with Gasteiger partial charge < -0.3 is 10.1 Å². The van der Waals surface area contributed by atoms with Crippen LogP contribution in [0.1, 0.15) is 18.2 Å². The molecule has 0 amide bonds. The molecular weight excluding hydrogens is 226 g/mol. The first-order valence-corrected chi connectivity index (χ1v) is 6.19. The number of ether oxygens (including phenoxy) is 1. The van der Waals surface area contributed by atoms with Gasteiger partial charge in [0, 0.05) is 6.54 Å². The van der Waals surface area contributed by atoms with Crippen LogP contribution in [0.25, 0.3) is 5.69 Å². The quantitative estimate of drug-likeness (QED) is 0.878. The zero-order valence-corrected chi connectivity index (χ0v) is 11.1. The van der Waals surface area contributed by atoms with E-state index in [2.05, 4.69) is 10.4 Å². The van der Waals surface area contributed by atoms with Crippen molar-refractivity contribution in [1.82, 2.24) is 15.1 Å². The lowest BCUT2D eigenvalue weighted by molar-refractivity contribution is 0.312. The Labute approximate surface area is 108 Å². The summed E-state index contributed by atoms with van der Waals surface area (Å²) in [6, 6.07) is 10.0. The summed E-state index contributed by atoms with van der Waals surface area (Å²) in [5, 5.41) is 7.72. The fraction of sp³-hybridized carbons (Fsp3) is 0.357. The molecule has 2 rings (SSSR count). The van der Waals surface area contributed by atoms with Crippen LogP contribution in [-0.4, -0.2) is 23.4 Å². The maximum Gasteiger partial charge on any atom is 0.221 e. The van der Waals surface area contributed by atoms with Gasteiger partial charge in [0.25, 0.3) is 0 Å². The highest BCUT2D eigenvalue weighted by molar-refractivity contribution is 5.41. The maximum absolute atomic E-state index is 5.76. The second kappa shape index (κ2) is 5.69. The van der Waals surface area contributed by atoms with Crippen molar-refractivity contribution in [1.29, 1.82) is 0 Å². The van der Waals surface area contributed by atoms with Gasteiger partial charge in [-0.05, 0) is 33.0 Å². The zero-order valence-electron chi connectivity index (χ0n) is 11.1. The van der Waals surface area contributed by atoms with Crippen molar-refractivity contribution in [3.8, 4) is 11.6 Å². The lowest BCUT2D eigenvalue weighted by atomic mass is 10.2. The number of aryl methyl sites for hydroxylation is 1. The Bertz CT molecular complexity index is 505. The SMILES string of the molecule is CCOc1c(CNC)c(C)nn1-c1ccccc1. The molecule has 18 heavy (non-hydrogen) atoms.